The Morgan fingerprint density at radius 3 is 2.53 bits per heavy atom. The second-order valence-corrected chi connectivity index (χ2v) is 4.86. The molecule has 2 aromatic rings. The van der Waals surface area contributed by atoms with Crippen molar-refractivity contribution in [2.24, 2.45) is 0 Å². The number of benzene rings is 1. The minimum Gasteiger partial charge on any atom is -0.477 e. The minimum atomic E-state index is -0.936. The molecule has 0 saturated heterocycles. The summed E-state index contributed by atoms with van der Waals surface area (Å²) in [6.07, 6.45) is 0.744. The SMILES string of the molecule is Cc1nc(C)n(CCc2ccc(Cl)cc2)c1C(=O)O. The van der Waals surface area contributed by atoms with E-state index in [1.165, 1.54) is 0 Å². The summed E-state index contributed by atoms with van der Waals surface area (Å²) in [5, 5.41) is 9.91. The summed E-state index contributed by atoms with van der Waals surface area (Å²) in [6.45, 7) is 4.13. The summed E-state index contributed by atoms with van der Waals surface area (Å²) < 4.78 is 1.74. The van der Waals surface area contributed by atoms with Crippen molar-refractivity contribution in [3.05, 3.63) is 52.1 Å². The van der Waals surface area contributed by atoms with E-state index in [0.717, 1.165) is 17.8 Å². The molecule has 0 bridgehead atoms. The first-order chi connectivity index (χ1) is 8.99. The maximum absolute atomic E-state index is 11.2. The number of hydrogen-bond donors (Lipinski definition) is 1. The van der Waals surface area contributed by atoms with Crippen molar-refractivity contribution in [1.82, 2.24) is 9.55 Å². The monoisotopic (exact) mass is 278 g/mol. The number of aryl methyl sites for hydroxylation is 3. The van der Waals surface area contributed by atoms with Gasteiger partial charge in [-0.2, -0.15) is 0 Å². The number of nitrogens with zero attached hydrogens (tertiary/aromatic N) is 2. The number of imidazole rings is 1. The lowest BCUT2D eigenvalue weighted by molar-refractivity contribution is 0.0684. The Morgan fingerprint density at radius 2 is 1.95 bits per heavy atom. The van der Waals surface area contributed by atoms with Gasteiger partial charge in [0.2, 0.25) is 0 Å². The summed E-state index contributed by atoms with van der Waals surface area (Å²) in [5.74, 6) is -0.210. The summed E-state index contributed by atoms with van der Waals surface area (Å²) in [5.41, 5.74) is 1.94. The largest absolute Gasteiger partial charge is 0.477 e. The van der Waals surface area contributed by atoms with Gasteiger partial charge in [0.15, 0.2) is 0 Å². The predicted molar refractivity (Wildman–Crippen MR) is 73.8 cm³/mol. The van der Waals surface area contributed by atoms with Gasteiger partial charge in [0, 0.05) is 11.6 Å². The van der Waals surface area contributed by atoms with E-state index in [1.807, 2.05) is 31.2 Å². The van der Waals surface area contributed by atoms with E-state index in [2.05, 4.69) is 4.98 Å². The van der Waals surface area contributed by atoms with Crippen LogP contribution < -0.4 is 0 Å². The lowest BCUT2D eigenvalue weighted by Crippen LogP contribution is -2.12. The zero-order valence-electron chi connectivity index (χ0n) is 10.9. The molecule has 0 fully saturated rings. The molecule has 0 saturated carbocycles. The minimum absolute atomic E-state index is 0.270. The smallest absolute Gasteiger partial charge is 0.354 e. The lowest BCUT2D eigenvalue weighted by Gasteiger charge is -2.08. The highest BCUT2D eigenvalue weighted by molar-refractivity contribution is 6.30. The number of hydrogen-bond acceptors (Lipinski definition) is 2. The van der Waals surface area contributed by atoms with Crippen LogP contribution in [0.1, 0.15) is 27.6 Å². The van der Waals surface area contributed by atoms with Crippen molar-refractivity contribution in [2.45, 2.75) is 26.8 Å². The molecule has 19 heavy (non-hydrogen) atoms. The van der Waals surface area contributed by atoms with Crippen LogP contribution in [0.5, 0.6) is 0 Å². The molecule has 0 radical (unpaired) electrons. The lowest BCUT2D eigenvalue weighted by atomic mass is 10.1. The molecule has 1 heterocycles. The van der Waals surface area contributed by atoms with E-state index < -0.39 is 5.97 Å². The fraction of sp³-hybridized carbons (Fsp3) is 0.286. The van der Waals surface area contributed by atoms with E-state index in [9.17, 15) is 9.90 Å². The summed E-state index contributed by atoms with van der Waals surface area (Å²) in [6, 6.07) is 7.56. The van der Waals surface area contributed by atoms with Crippen molar-refractivity contribution in [2.75, 3.05) is 0 Å². The van der Waals surface area contributed by atoms with Crippen molar-refractivity contribution in [3.8, 4) is 0 Å². The van der Waals surface area contributed by atoms with Gasteiger partial charge in [-0.05, 0) is 38.0 Å². The van der Waals surface area contributed by atoms with Crippen molar-refractivity contribution in [3.63, 3.8) is 0 Å². The van der Waals surface area contributed by atoms with Gasteiger partial charge in [-0.25, -0.2) is 9.78 Å². The van der Waals surface area contributed by atoms with Crippen LogP contribution in [0.25, 0.3) is 0 Å². The third-order valence-corrected chi connectivity index (χ3v) is 3.32. The first-order valence-corrected chi connectivity index (χ1v) is 6.38. The molecule has 1 aromatic carbocycles. The number of carbonyl (C=O) groups is 1. The fourth-order valence-corrected chi connectivity index (χ4v) is 2.27. The molecule has 100 valence electrons. The van der Waals surface area contributed by atoms with Gasteiger partial charge >= 0.3 is 5.97 Å². The fourth-order valence-electron chi connectivity index (χ4n) is 2.15. The Balaban J connectivity index is 2.20. The van der Waals surface area contributed by atoms with E-state index in [0.29, 0.717) is 17.3 Å². The zero-order valence-corrected chi connectivity index (χ0v) is 11.6. The predicted octanol–water partition coefficient (Wildman–Crippen LogP) is 3.09. The molecule has 1 aromatic heterocycles. The number of carboxylic acids is 1. The second-order valence-electron chi connectivity index (χ2n) is 4.43. The van der Waals surface area contributed by atoms with Crippen LogP contribution in [0, 0.1) is 13.8 Å². The van der Waals surface area contributed by atoms with Gasteiger partial charge in [0.05, 0.1) is 5.69 Å². The van der Waals surface area contributed by atoms with Crippen molar-refractivity contribution >= 4 is 17.6 Å². The molecule has 0 aliphatic heterocycles. The molecule has 5 heteroatoms. The molecule has 0 amide bonds. The van der Waals surface area contributed by atoms with Crippen molar-refractivity contribution in [1.29, 1.82) is 0 Å². The average molecular weight is 279 g/mol. The third-order valence-electron chi connectivity index (χ3n) is 3.07. The van der Waals surface area contributed by atoms with Gasteiger partial charge in [-0.1, -0.05) is 23.7 Å². The summed E-state index contributed by atoms with van der Waals surface area (Å²) in [7, 11) is 0. The topological polar surface area (TPSA) is 55.1 Å². The molecule has 0 spiro atoms. The molecular formula is C14H15ClN2O2. The molecule has 1 N–H and O–H groups in total. The first kappa shape index (κ1) is 13.6. The van der Waals surface area contributed by atoms with E-state index >= 15 is 0 Å². The number of aromatic nitrogens is 2. The molecule has 0 aliphatic carbocycles. The van der Waals surface area contributed by atoms with Crippen molar-refractivity contribution < 1.29 is 9.90 Å². The normalized spacial score (nSPS) is 10.7. The number of rotatable bonds is 4. The Kier molecular flexibility index (Phi) is 3.90. The number of aromatic carboxylic acids is 1. The van der Waals surface area contributed by atoms with Crippen LogP contribution in [0.15, 0.2) is 24.3 Å². The van der Waals surface area contributed by atoms with Gasteiger partial charge in [0.25, 0.3) is 0 Å². The van der Waals surface area contributed by atoms with Crippen LogP contribution in [0.2, 0.25) is 5.02 Å². The Hall–Kier alpha value is -1.81. The summed E-state index contributed by atoms with van der Waals surface area (Å²) >= 11 is 5.83. The van der Waals surface area contributed by atoms with E-state index in [-0.39, 0.29) is 5.69 Å². The first-order valence-electron chi connectivity index (χ1n) is 6.00. The third kappa shape index (κ3) is 2.96. The Bertz CT molecular complexity index is 603. The maximum atomic E-state index is 11.2. The van der Waals surface area contributed by atoms with Gasteiger partial charge in [-0.15, -0.1) is 0 Å². The molecule has 0 unspecified atom stereocenters. The van der Waals surface area contributed by atoms with Gasteiger partial charge in [0.1, 0.15) is 11.5 Å². The highest BCUT2D eigenvalue weighted by atomic mass is 35.5. The Morgan fingerprint density at radius 1 is 1.32 bits per heavy atom. The van der Waals surface area contributed by atoms with Gasteiger partial charge in [-0.3, -0.25) is 0 Å². The van der Waals surface area contributed by atoms with Crippen LogP contribution >= 0.6 is 11.6 Å². The molecule has 0 aliphatic rings. The number of carboxylic acid groups (broad SMARTS) is 1. The maximum Gasteiger partial charge on any atom is 0.354 e. The quantitative estimate of drug-likeness (QED) is 0.935. The van der Waals surface area contributed by atoms with Crippen LogP contribution in [-0.4, -0.2) is 20.6 Å². The molecule has 2 rings (SSSR count). The number of halogens is 1. The van der Waals surface area contributed by atoms with E-state index in [4.69, 9.17) is 11.6 Å². The van der Waals surface area contributed by atoms with Crippen LogP contribution in [0.3, 0.4) is 0 Å². The molecule has 4 nitrogen and oxygen atoms in total. The molecular weight excluding hydrogens is 264 g/mol. The highest BCUT2D eigenvalue weighted by Crippen LogP contribution is 2.14. The Labute approximate surface area is 116 Å². The van der Waals surface area contributed by atoms with Gasteiger partial charge < -0.3 is 9.67 Å². The van der Waals surface area contributed by atoms with Crippen LogP contribution in [-0.2, 0) is 13.0 Å². The van der Waals surface area contributed by atoms with Crippen LogP contribution in [0.4, 0.5) is 0 Å². The average Bonchev–Trinajstić information content (AvgIpc) is 2.63. The summed E-state index contributed by atoms with van der Waals surface area (Å²) in [4.78, 5) is 15.5. The van der Waals surface area contributed by atoms with E-state index in [1.54, 1.807) is 11.5 Å². The standard InChI is InChI=1S/C14H15ClN2O2/c1-9-13(14(18)19)17(10(2)16-9)8-7-11-3-5-12(15)6-4-11/h3-6H,7-8H2,1-2H3,(H,18,19). The zero-order chi connectivity index (χ0) is 14.0. The molecule has 0 atom stereocenters. The highest BCUT2D eigenvalue weighted by Gasteiger charge is 2.17. The second kappa shape index (κ2) is 5.45.